The Morgan fingerprint density at radius 2 is 2.14 bits per heavy atom. The van der Waals surface area contributed by atoms with Crippen LogP contribution in [0.3, 0.4) is 0 Å². The molecule has 1 saturated heterocycles. The number of hydrogen-bond acceptors (Lipinski definition) is 7. The minimum absolute atomic E-state index is 0.0272. The Morgan fingerprint density at radius 3 is 2.81 bits per heavy atom. The lowest BCUT2D eigenvalue weighted by molar-refractivity contribution is -0.140. The number of anilines is 1. The van der Waals surface area contributed by atoms with E-state index in [9.17, 15) is 18.0 Å². The van der Waals surface area contributed by atoms with Crippen LogP contribution in [0, 0.1) is 5.82 Å². The molecule has 37 heavy (non-hydrogen) atoms. The summed E-state index contributed by atoms with van der Waals surface area (Å²) in [5.41, 5.74) is 1.75. The molecule has 4 aromatic rings. The second kappa shape index (κ2) is 9.16. The first-order chi connectivity index (χ1) is 17.6. The van der Waals surface area contributed by atoms with Crippen LogP contribution in [0.1, 0.15) is 26.3 Å². The standard InChI is InChI=1S/C23H24F4N8O2/c1-12(9-24)35-17-8-14(4-5-16(17)30-32-35)19-15(25)10-34-20(19)21(37-3)29-22(31-34)28-18-6-7-33(13(2)36)11-23(18,26)27/h4-5,8,10,12,18H,6-7,9,11H2,1-3H3,(H,28,31)/t12-,18+/m0/s1. The molecule has 1 aliphatic rings. The number of nitrogens with one attached hydrogen (secondary N) is 1. The number of ether oxygens (including phenoxy) is 1. The number of hydrogen-bond donors (Lipinski definition) is 1. The summed E-state index contributed by atoms with van der Waals surface area (Å²) in [4.78, 5) is 16.8. The summed E-state index contributed by atoms with van der Waals surface area (Å²) in [5, 5.41) is 14.8. The largest absolute Gasteiger partial charge is 0.479 e. The zero-order valence-electron chi connectivity index (χ0n) is 20.3. The molecule has 2 atom stereocenters. The van der Waals surface area contributed by atoms with Gasteiger partial charge < -0.3 is 15.0 Å². The van der Waals surface area contributed by atoms with Gasteiger partial charge in [0.2, 0.25) is 17.7 Å². The summed E-state index contributed by atoms with van der Waals surface area (Å²) in [7, 11) is 1.33. The maximum Gasteiger partial charge on any atom is 0.285 e. The molecular weight excluding hydrogens is 496 g/mol. The van der Waals surface area contributed by atoms with Crippen LogP contribution < -0.4 is 10.1 Å². The van der Waals surface area contributed by atoms with Gasteiger partial charge in [-0.2, -0.15) is 4.98 Å². The molecule has 1 fully saturated rings. The maximum atomic E-state index is 15.3. The van der Waals surface area contributed by atoms with Crippen LogP contribution in [-0.2, 0) is 4.79 Å². The van der Waals surface area contributed by atoms with Crippen molar-refractivity contribution in [2.45, 2.75) is 38.3 Å². The van der Waals surface area contributed by atoms with Crippen LogP contribution >= 0.6 is 0 Å². The van der Waals surface area contributed by atoms with Gasteiger partial charge in [-0.1, -0.05) is 11.3 Å². The van der Waals surface area contributed by atoms with E-state index < -0.39 is 42.9 Å². The molecule has 1 aliphatic heterocycles. The minimum atomic E-state index is -3.23. The van der Waals surface area contributed by atoms with Crippen molar-refractivity contribution in [3.8, 4) is 17.0 Å². The Hall–Kier alpha value is -3.97. The highest BCUT2D eigenvalue weighted by Gasteiger charge is 2.46. The molecule has 0 bridgehead atoms. The van der Waals surface area contributed by atoms with Gasteiger partial charge in [0, 0.05) is 13.5 Å². The van der Waals surface area contributed by atoms with Crippen molar-refractivity contribution >= 4 is 28.4 Å². The number of rotatable bonds is 6. The highest BCUT2D eigenvalue weighted by Crippen LogP contribution is 2.36. The van der Waals surface area contributed by atoms with E-state index in [1.807, 2.05) is 0 Å². The molecule has 1 aromatic carbocycles. The van der Waals surface area contributed by atoms with Crippen LogP contribution in [0.15, 0.2) is 24.4 Å². The van der Waals surface area contributed by atoms with Gasteiger partial charge in [-0.3, -0.25) is 4.79 Å². The SMILES string of the molecule is COc1nc(N[C@@H]2CCN(C(C)=O)CC2(F)F)nn2cc(F)c(-c3ccc4nnn([C@@H](C)CF)c4c3)c12. The molecule has 4 heterocycles. The quantitative estimate of drug-likeness (QED) is 0.389. The van der Waals surface area contributed by atoms with Crippen molar-refractivity contribution in [3.63, 3.8) is 0 Å². The summed E-state index contributed by atoms with van der Waals surface area (Å²) in [6, 6.07) is 3.01. The van der Waals surface area contributed by atoms with Gasteiger partial charge >= 0.3 is 0 Å². The molecular formula is C23H24F4N8O2. The predicted molar refractivity (Wildman–Crippen MR) is 126 cm³/mol. The average Bonchev–Trinajstić information content (AvgIpc) is 3.43. The molecule has 3 aromatic heterocycles. The molecule has 0 unspecified atom stereocenters. The lowest BCUT2D eigenvalue weighted by Gasteiger charge is -2.38. The van der Waals surface area contributed by atoms with Crippen LogP contribution in [0.25, 0.3) is 27.7 Å². The number of amides is 1. The predicted octanol–water partition coefficient (Wildman–Crippen LogP) is 3.49. The zero-order valence-corrected chi connectivity index (χ0v) is 20.3. The van der Waals surface area contributed by atoms with Gasteiger partial charge in [-0.15, -0.1) is 10.2 Å². The summed E-state index contributed by atoms with van der Waals surface area (Å²) in [5.74, 6) is -4.53. The lowest BCUT2D eigenvalue weighted by Crippen LogP contribution is -2.55. The number of aromatic nitrogens is 6. The van der Waals surface area contributed by atoms with E-state index >= 15 is 4.39 Å². The molecule has 1 N–H and O–H groups in total. The monoisotopic (exact) mass is 520 g/mol. The summed E-state index contributed by atoms with van der Waals surface area (Å²) < 4.78 is 66.0. The summed E-state index contributed by atoms with van der Waals surface area (Å²) in [6.07, 6.45) is 1.07. The third kappa shape index (κ3) is 4.29. The number of piperidine rings is 1. The van der Waals surface area contributed by atoms with E-state index in [0.717, 1.165) is 11.1 Å². The number of carbonyl (C=O) groups is 1. The molecule has 0 aliphatic carbocycles. The Bertz CT molecular complexity index is 1490. The number of methoxy groups -OCH3 is 1. The first kappa shape index (κ1) is 24.7. The third-order valence-corrected chi connectivity index (χ3v) is 6.49. The molecule has 0 spiro atoms. The maximum absolute atomic E-state index is 15.3. The van der Waals surface area contributed by atoms with E-state index in [-0.39, 0.29) is 35.9 Å². The van der Waals surface area contributed by atoms with Crippen molar-refractivity contribution < 1.29 is 27.1 Å². The average molecular weight is 520 g/mol. The number of halogens is 4. The van der Waals surface area contributed by atoms with Crippen molar-refractivity contribution in [2.75, 3.05) is 32.2 Å². The smallest absolute Gasteiger partial charge is 0.285 e. The molecule has 0 saturated carbocycles. The van der Waals surface area contributed by atoms with Crippen LogP contribution in [0.4, 0.5) is 23.5 Å². The van der Waals surface area contributed by atoms with E-state index in [2.05, 4.69) is 25.7 Å². The highest BCUT2D eigenvalue weighted by molar-refractivity contribution is 5.89. The number of carbonyl (C=O) groups excluding carboxylic acids is 1. The lowest BCUT2D eigenvalue weighted by atomic mass is 10.0. The number of alkyl halides is 3. The number of nitrogens with zero attached hydrogens (tertiary/aromatic N) is 7. The summed E-state index contributed by atoms with van der Waals surface area (Å²) >= 11 is 0. The van der Waals surface area contributed by atoms with Crippen molar-refractivity contribution in [1.29, 1.82) is 0 Å². The van der Waals surface area contributed by atoms with E-state index in [1.54, 1.807) is 25.1 Å². The van der Waals surface area contributed by atoms with E-state index in [0.29, 0.717) is 16.6 Å². The first-order valence-corrected chi connectivity index (χ1v) is 11.6. The highest BCUT2D eigenvalue weighted by atomic mass is 19.3. The van der Waals surface area contributed by atoms with Gasteiger partial charge in [-0.25, -0.2) is 26.8 Å². The summed E-state index contributed by atoms with van der Waals surface area (Å²) in [6.45, 7) is 1.66. The Morgan fingerprint density at radius 1 is 1.35 bits per heavy atom. The molecule has 0 radical (unpaired) electrons. The fourth-order valence-electron chi connectivity index (χ4n) is 4.52. The number of benzene rings is 1. The van der Waals surface area contributed by atoms with Gasteiger partial charge in [0.1, 0.15) is 17.7 Å². The van der Waals surface area contributed by atoms with Crippen LogP contribution in [0.5, 0.6) is 5.88 Å². The Balaban J connectivity index is 1.54. The van der Waals surface area contributed by atoms with Crippen molar-refractivity contribution in [3.05, 3.63) is 30.2 Å². The first-order valence-electron chi connectivity index (χ1n) is 11.6. The second-order valence-corrected chi connectivity index (χ2v) is 9.02. The normalized spacial score (nSPS) is 18.4. The van der Waals surface area contributed by atoms with Crippen LogP contribution in [-0.4, -0.2) is 79.2 Å². The van der Waals surface area contributed by atoms with Gasteiger partial charge in [0.25, 0.3) is 5.92 Å². The number of fused-ring (bicyclic) bond motifs is 2. The van der Waals surface area contributed by atoms with Crippen molar-refractivity contribution in [1.82, 2.24) is 34.5 Å². The van der Waals surface area contributed by atoms with Gasteiger partial charge in [0.05, 0.1) is 43.0 Å². The molecule has 1 amide bonds. The third-order valence-electron chi connectivity index (χ3n) is 6.49. The topological polar surface area (TPSA) is 102 Å². The zero-order chi connectivity index (χ0) is 26.5. The fourth-order valence-corrected chi connectivity index (χ4v) is 4.52. The molecule has 14 heteroatoms. The van der Waals surface area contributed by atoms with Gasteiger partial charge in [0.15, 0.2) is 5.82 Å². The van der Waals surface area contributed by atoms with Crippen molar-refractivity contribution in [2.24, 2.45) is 0 Å². The Kier molecular flexibility index (Phi) is 6.12. The Labute approximate surface area is 208 Å². The fraction of sp³-hybridized carbons (Fsp3) is 0.435. The van der Waals surface area contributed by atoms with E-state index in [1.165, 1.54) is 23.2 Å². The molecule has 10 nitrogen and oxygen atoms in total. The van der Waals surface area contributed by atoms with E-state index in [4.69, 9.17) is 4.74 Å². The molecule has 196 valence electrons. The second-order valence-electron chi connectivity index (χ2n) is 9.02. The number of likely N-dealkylation sites (tertiary alicyclic amines) is 1. The van der Waals surface area contributed by atoms with Crippen LogP contribution in [0.2, 0.25) is 0 Å². The molecule has 5 rings (SSSR count). The minimum Gasteiger partial charge on any atom is -0.479 e. The van der Waals surface area contributed by atoms with Gasteiger partial charge in [-0.05, 0) is 31.0 Å².